The zero-order chi connectivity index (χ0) is 12.4. The van der Waals surface area contributed by atoms with Crippen LogP contribution < -0.4 is 10.9 Å². The van der Waals surface area contributed by atoms with Crippen molar-refractivity contribution in [1.82, 2.24) is 14.7 Å². The number of halogens is 1. The molecule has 1 aliphatic heterocycles. The van der Waals surface area contributed by atoms with Gasteiger partial charge in [0.05, 0.1) is 11.9 Å². The number of aryl methyl sites for hydroxylation is 1. The number of rotatable bonds is 3. The molecule has 0 bridgehead atoms. The molecule has 1 N–H and O–H groups in total. The van der Waals surface area contributed by atoms with Crippen molar-refractivity contribution >= 4 is 17.3 Å². The van der Waals surface area contributed by atoms with E-state index in [4.69, 9.17) is 11.6 Å². The van der Waals surface area contributed by atoms with Crippen LogP contribution in [-0.2, 0) is 7.05 Å². The summed E-state index contributed by atoms with van der Waals surface area (Å²) in [5.74, 6) is 0. The molecule has 1 aromatic heterocycles. The molecule has 5 nitrogen and oxygen atoms in total. The lowest BCUT2D eigenvalue weighted by molar-refractivity contribution is 0.322. The van der Waals surface area contributed by atoms with Crippen LogP contribution in [0.3, 0.4) is 0 Å². The molecule has 17 heavy (non-hydrogen) atoms. The lowest BCUT2D eigenvalue weighted by Gasteiger charge is -2.20. The van der Waals surface area contributed by atoms with Gasteiger partial charge in [0.25, 0.3) is 5.56 Å². The molecule has 0 spiro atoms. The van der Waals surface area contributed by atoms with Crippen LogP contribution in [0.5, 0.6) is 0 Å². The van der Waals surface area contributed by atoms with Crippen molar-refractivity contribution in [2.24, 2.45) is 7.05 Å². The molecule has 1 atom stereocenters. The molecule has 2 heterocycles. The van der Waals surface area contributed by atoms with Crippen molar-refractivity contribution in [2.75, 3.05) is 25.5 Å². The molecule has 1 aromatic rings. The molecule has 6 heteroatoms. The average molecular weight is 257 g/mol. The zero-order valence-electron chi connectivity index (χ0n) is 10.1. The van der Waals surface area contributed by atoms with Gasteiger partial charge in [-0.3, -0.25) is 4.79 Å². The first-order chi connectivity index (χ1) is 8.09. The average Bonchev–Trinajstić information content (AvgIpc) is 2.71. The summed E-state index contributed by atoms with van der Waals surface area (Å²) in [6.07, 6.45) is 4.00. The van der Waals surface area contributed by atoms with E-state index in [-0.39, 0.29) is 10.6 Å². The standard InChI is InChI=1S/C11H17ClN4O/c1-15-5-3-4-8(15)6-13-9-7-14-16(2)11(17)10(9)12/h7-8,13H,3-6H2,1-2H3. The molecule has 0 amide bonds. The van der Waals surface area contributed by atoms with Gasteiger partial charge < -0.3 is 10.2 Å². The molecule has 1 saturated heterocycles. The van der Waals surface area contributed by atoms with E-state index in [0.29, 0.717) is 11.7 Å². The number of aromatic nitrogens is 2. The highest BCUT2D eigenvalue weighted by molar-refractivity contribution is 6.32. The summed E-state index contributed by atoms with van der Waals surface area (Å²) in [5.41, 5.74) is 0.353. The SMILES string of the molecule is CN1CCCC1CNc1cnn(C)c(=O)c1Cl. The summed E-state index contributed by atoms with van der Waals surface area (Å²) in [7, 11) is 3.70. The fourth-order valence-corrected chi connectivity index (χ4v) is 2.34. The van der Waals surface area contributed by atoms with Crippen molar-refractivity contribution in [2.45, 2.75) is 18.9 Å². The lowest BCUT2D eigenvalue weighted by Crippen LogP contribution is -2.32. The first kappa shape index (κ1) is 12.4. The van der Waals surface area contributed by atoms with Gasteiger partial charge in [0, 0.05) is 19.6 Å². The Morgan fingerprint density at radius 3 is 3.00 bits per heavy atom. The number of likely N-dealkylation sites (tertiary alicyclic amines) is 1. The molecule has 2 rings (SSSR count). The van der Waals surface area contributed by atoms with Crippen LogP contribution in [0.4, 0.5) is 5.69 Å². The van der Waals surface area contributed by atoms with Gasteiger partial charge in [-0.2, -0.15) is 5.10 Å². The topological polar surface area (TPSA) is 50.2 Å². The summed E-state index contributed by atoms with van der Waals surface area (Å²) >= 11 is 5.97. The van der Waals surface area contributed by atoms with Gasteiger partial charge in [0.1, 0.15) is 5.02 Å². The smallest absolute Gasteiger partial charge is 0.287 e. The quantitative estimate of drug-likeness (QED) is 0.875. The predicted octanol–water partition coefficient (Wildman–Crippen LogP) is 0.940. The van der Waals surface area contributed by atoms with Crippen molar-refractivity contribution in [3.63, 3.8) is 0 Å². The molecule has 0 radical (unpaired) electrons. The second kappa shape index (κ2) is 5.06. The third-order valence-electron chi connectivity index (χ3n) is 3.28. The Bertz CT molecular complexity index is 459. The van der Waals surface area contributed by atoms with E-state index >= 15 is 0 Å². The fraction of sp³-hybridized carbons (Fsp3) is 0.636. The van der Waals surface area contributed by atoms with Crippen LogP contribution in [0.2, 0.25) is 5.02 Å². The van der Waals surface area contributed by atoms with Crippen molar-refractivity contribution in [1.29, 1.82) is 0 Å². The molecule has 0 aliphatic carbocycles. The number of likely N-dealkylation sites (N-methyl/N-ethyl adjacent to an activating group) is 1. The van der Waals surface area contributed by atoms with Crippen LogP contribution >= 0.6 is 11.6 Å². The van der Waals surface area contributed by atoms with Gasteiger partial charge in [-0.1, -0.05) is 11.6 Å². The van der Waals surface area contributed by atoms with E-state index in [1.807, 2.05) is 0 Å². The fourth-order valence-electron chi connectivity index (χ4n) is 2.10. The van der Waals surface area contributed by atoms with Gasteiger partial charge in [0.2, 0.25) is 0 Å². The second-order valence-corrected chi connectivity index (χ2v) is 4.84. The second-order valence-electron chi connectivity index (χ2n) is 4.46. The van der Waals surface area contributed by atoms with Gasteiger partial charge in [-0.15, -0.1) is 0 Å². The Balaban J connectivity index is 2.04. The maximum Gasteiger partial charge on any atom is 0.287 e. The number of anilines is 1. The number of nitrogens with zero attached hydrogens (tertiary/aromatic N) is 3. The molecule has 0 aromatic carbocycles. The van der Waals surface area contributed by atoms with Crippen LogP contribution in [0.1, 0.15) is 12.8 Å². The zero-order valence-corrected chi connectivity index (χ0v) is 10.9. The Labute approximate surface area is 105 Å². The molecular formula is C11H17ClN4O. The van der Waals surface area contributed by atoms with Gasteiger partial charge in [-0.05, 0) is 26.4 Å². The lowest BCUT2D eigenvalue weighted by atomic mass is 10.2. The normalized spacial score (nSPS) is 20.8. The molecule has 1 fully saturated rings. The van der Waals surface area contributed by atoms with Crippen LogP contribution in [0.25, 0.3) is 0 Å². The minimum absolute atomic E-state index is 0.211. The predicted molar refractivity (Wildman–Crippen MR) is 68.6 cm³/mol. The van der Waals surface area contributed by atoms with Crippen LogP contribution in [-0.4, -0.2) is 40.9 Å². The molecule has 1 aliphatic rings. The maximum atomic E-state index is 11.6. The van der Waals surface area contributed by atoms with E-state index in [0.717, 1.165) is 13.1 Å². The Hall–Kier alpha value is -1.07. The first-order valence-corrected chi connectivity index (χ1v) is 6.13. The molecular weight excluding hydrogens is 240 g/mol. The third kappa shape index (κ3) is 2.61. The van der Waals surface area contributed by atoms with Gasteiger partial charge in [-0.25, -0.2) is 4.68 Å². The van der Waals surface area contributed by atoms with Crippen molar-refractivity contribution in [3.05, 3.63) is 21.6 Å². The number of hydrogen-bond acceptors (Lipinski definition) is 4. The maximum absolute atomic E-state index is 11.6. The molecule has 94 valence electrons. The molecule has 1 unspecified atom stereocenters. The van der Waals surface area contributed by atoms with E-state index < -0.39 is 0 Å². The van der Waals surface area contributed by atoms with E-state index in [2.05, 4.69) is 22.4 Å². The van der Waals surface area contributed by atoms with Crippen molar-refractivity contribution in [3.8, 4) is 0 Å². The van der Waals surface area contributed by atoms with Crippen LogP contribution in [0.15, 0.2) is 11.0 Å². The summed E-state index contributed by atoms with van der Waals surface area (Å²) < 4.78 is 1.23. The van der Waals surface area contributed by atoms with Crippen LogP contribution in [0, 0.1) is 0 Å². The van der Waals surface area contributed by atoms with Gasteiger partial charge in [0.15, 0.2) is 0 Å². The Kier molecular flexibility index (Phi) is 3.69. The number of nitrogens with one attached hydrogen (secondary N) is 1. The van der Waals surface area contributed by atoms with E-state index in [9.17, 15) is 4.79 Å². The summed E-state index contributed by atoms with van der Waals surface area (Å²) in [4.78, 5) is 13.9. The summed E-state index contributed by atoms with van der Waals surface area (Å²) in [5, 5.41) is 7.36. The third-order valence-corrected chi connectivity index (χ3v) is 3.64. The van der Waals surface area contributed by atoms with E-state index in [1.165, 1.54) is 17.5 Å². The monoisotopic (exact) mass is 256 g/mol. The highest BCUT2D eigenvalue weighted by Crippen LogP contribution is 2.18. The number of hydrogen-bond donors (Lipinski definition) is 1. The highest BCUT2D eigenvalue weighted by Gasteiger charge is 2.20. The van der Waals surface area contributed by atoms with Crippen molar-refractivity contribution < 1.29 is 0 Å². The van der Waals surface area contributed by atoms with E-state index in [1.54, 1.807) is 13.2 Å². The van der Waals surface area contributed by atoms with Gasteiger partial charge >= 0.3 is 0 Å². The minimum Gasteiger partial charge on any atom is -0.381 e. The minimum atomic E-state index is -0.267. The summed E-state index contributed by atoms with van der Waals surface area (Å²) in [6.45, 7) is 1.93. The largest absolute Gasteiger partial charge is 0.381 e. The Morgan fingerprint density at radius 1 is 1.59 bits per heavy atom. The Morgan fingerprint density at radius 2 is 2.35 bits per heavy atom. The highest BCUT2D eigenvalue weighted by atomic mass is 35.5. The first-order valence-electron chi connectivity index (χ1n) is 5.75. The summed E-state index contributed by atoms with van der Waals surface area (Å²) in [6, 6.07) is 0.509. The molecule has 0 saturated carbocycles.